The van der Waals surface area contributed by atoms with Crippen molar-refractivity contribution in [1.29, 1.82) is 0 Å². The molecule has 0 bridgehead atoms. The topological polar surface area (TPSA) is 35.6 Å². The van der Waals surface area contributed by atoms with Crippen molar-refractivity contribution in [3.63, 3.8) is 0 Å². The first-order chi connectivity index (χ1) is 11.2. The van der Waals surface area contributed by atoms with Gasteiger partial charge in [-0.3, -0.25) is 9.69 Å². The van der Waals surface area contributed by atoms with Gasteiger partial charge in [-0.25, -0.2) is 0 Å². The first kappa shape index (κ1) is 22.2. The number of carbonyl (C=O) groups excluding carboxylic acids is 1. The molecule has 2 aliphatic rings. The van der Waals surface area contributed by atoms with Gasteiger partial charge in [-0.1, -0.05) is 30.3 Å². The highest BCUT2D eigenvalue weighted by molar-refractivity contribution is 5.85. The highest BCUT2D eigenvalue weighted by atomic mass is 35.5. The summed E-state index contributed by atoms with van der Waals surface area (Å²) < 4.78 is 0. The minimum Gasteiger partial charge on any atom is -0.342 e. The predicted octanol–water partition coefficient (Wildman–Crippen LogP) is 2.95. The standard InChI is InChI=1S/C19H29N3O.2ClH/c1-21(19(23)14-20-13-16-7-8-16)18-9-11-22(12-10-18)15-17-5-3-2-4-6-17;;/h2-6,16,18,20H,7-15H2,1H3;2*1H. The molecule has 2 fully saturated rings. The number of nitrogens with one attached hydrogen (secondary N) is 1. The molecule has 1 N–H and O–H groups in total. The smallest absolute Gasteiger partial charge is 0.236 e. The van der Waals surface area contributed by atoms with Gasteiger partial charge in [0.25, 0.3) is 0 Å². The Hall–Kier alpha value is -0.810. The van der Waals surface area contributed by atoms with Gasteiger partial charge in [0.2, 0.25) is 5.91 Å². The van der Waals surface area contributed by atoms with Gasteiger partial charge >= 0.3 is 0 Å². The van der Waals surface area contributed by atoms with E-state index in [0.717, 1.165) is 44.9 Å². The molecule has 0 atom stereocenters. The fourth-order valence-electron chi connectivity index (χ4n) is 3.34. The molecule has 142 valence electrons. The summed E-state index contributed by atoms with van der Waals surface area (Å²) in [5.74, 6) is 1.07. The Morgan fingerprint density at radius 2 is 1.76 bits per heavy atom. The van der Waals surface area contributed by atoms with Gasteiger partial charge in [0, 0.05) is 32.7 Å². The molecule has 0 spiro atoms. The van der Waals surface area contributed by atoms with Crippen LogP contribution in [0.2, 0.25) is 0 Å². The number of hydrogen-bond acceptors (Lipinski definition) is 3. The molecule has 0 unspecified atom stereocenters. The molecule has 1 saturated carbocycles. The largest absolute Gasteiger partial charge is 0.342 e. The number of hydrogen-bond donors (Lipinski definition) is 1. The first-order valence-corrected chi connectivity index (χ1v) is 8.95. The van der Waals surface area contributed by atoms with Crippen molar-refractivity contribution < 1.29 is 4.79 Å². The summed E-state index contributed by atoms with van der Waals surface area (Å²) in [4.78, 5) is 16.7. The Morgan fingerprint density at radius 1 is 1.12 bits per heavy atom. The lowest BCUT2D eigenvalue weighted by Crippen LogP contribution is -2.47. The Morgan fingerprint density at radius 3 is 2.36 bits per heavy atom. The van der Waals surface area contributed by atoms with E-state index in [1.807, 2.05) is 11.9 Å². The molecular formula is C19H31Cl2N3O. The molecule has 3 rings (SSSR count). The van der Waals surface area contributed by atoms with Crippen LogP contribution >= 0.6 is 24.8 Å². The van der Waals surface area contributed by atoms with E-state index in [4.69, 9.17) is 0 Å². The minimum absolute atomic E-state index is 0. The lowest BCUT2D eigenvalue weighted by Gasteiger charge is -2.36. The molecule has 1 aromatic carbocycles. The van der Waals surface area contributed by atoms with Crippen LogP contribution in [0, 0.1) is 5.92 Å². The van der Waals surface area contributed by atoms with E-state index in [9.17, 15) is 4.79 Å². The monoisotopic (exact) mass is 387 g/mol. The van der Waals surface area contributed by atoms with Crippen molar-refractivity contribution in [2.24, 2.45) is 5.92 Å². The summed E-state index contributed by atoms with van der Waals surface area (Å²) in [5.41, 5.74) is 1.37. The molecule has 1 aliphatic heterocycles. The zero-order valence-electron chi connectivity index (χ0n) is 15.0. The maximum Gasteiger partial charge on any atom is 0.236 e. The third kappa shape index (κ3) is 7.14. The molecule has 1 saturated heterocycles. The van der Waals surface area contributed by atoms with Crippen molar-refractivity contribution in [3.05, 3.63) is 35.9 Å². The number of benzene rings is 1. The van der Waals surface area contributed by atoms with E-state index >= 15 is 0 Å². The zero-order valence-corrected chi connectivity index (χ0v) is 16.7. The number of carbonyl (C=O) groups is 1. The average Bonchev–Trinajstić information content (AvgIpc) is 3.40. The zero-order chi connectivity index (χ0) is 16.1. The molecule has 1 aliphatic carbocycles. The Balaban J connectivity index is 0.00000156. The van der Waals surface area contributed by atoms with Crippen molar-refractivity contribution in [2.75, 3.05) is 33.2 Å². The lowest BCUT2D eigenvalue weighted by atomic mass is 10.0. The molecule has 1 aromatic rings. The third-order valence-corrected chi connectivity index (χ3v) is 5.15. The highest BCUT2D eigenvalue weighted by Crippen LogP contribution is 2.27. The number of rotatable bonds is 7. The van der Waals surface area contributed by atoms with Crippen LogP contribution in [-0.4, -0.2) is 55.0 Å². The summed E-state index contributed by atoms with van der Waals surface area (Å²) in [5, 5.41) is 3.31. The molecule has 25 heavy (non-hydrogen) atoms. The van der Waals surface area contributed by atoms with Gasteiger partial charge < -0.3 is 10.2 Å². The van der Waals surface area contributed by atoms with Crippen LogP contribution in [0.25, 0.3) is 0 Å². The molecular weight excluding hydrogens is 357 g/mol. The van der Waals surface area contributed by atoms with Crippen molar-refractivity contribution >= 4 is 30.7 Å². The number of amides is 1. The van der Waals surface area contributed by atoms with Crippen LogP contribution in [0.3, 0.4) is 0 Å². The van der Waals surface area contributed by atoms with Crippen LogP contribution < -0.4 is 5.32 Å². The maximum absolute atomic E-state index is 12.3. The Bertz CT molecular complexity index is 503. The summed E-state index contributed by atoms with van der Waals surface area (Å²) in [6.45, 7) is 4.68. The third-order valence-electron chi connectivity index (χ3n) is 5.15. The Labute approximate surface area is 164 Å². The van der Waals surface area contributed by atoms with Gasteiger partial charge in [0.1, 0.15) is 0 Å². The molecule has 0 radical (unpaired) electrons. The molecule has 1 amide bonds. The van der Waals surface area contributed by atoms with Gasteiger partial charge in [-0.05, 0) is 43.7 Å². The number of piperidine rings is 1. The van der Waals surface area contributed by atoms with E-state index in [1.165, 1.54) is 18.4 Å². The van der Waals surface area contributed by atoms with E-state index in [-0.39, 0.29) is 30.7 Å². The van der Waals surface area contributed by atoms with Crippen molar-refractivity contribution in [2.45, 2.75) is 38.3 Å². The van der Waals surface area contributed by atoms with E-state index < -0.39 is 0 Å². The SMILES string of the molecule is CN(C(=O)CNCC1CC1)C1CCN(Cc2ccccc2)CC1.Cl.Cl. The van der Waals surface area contributed by atoms with Crippen molar-refractivity contribution in [1.82, 2.24) is 15.1 Å². The number of nitrogens with zero attached hydrogens (tertiary/aromatic N) is 2. The van der Waals surface area contributed by atoms with Crippen molar-refractivity contribution in [3.8, 4) is 0 Å². The molecule has 6 heteroatoms. The van der Waals surface area contributed by atoms with Gasteiger partial charge in [-0.15, -0.1) is 24.8 Å². The quantitative estimate of drug-likeness (QED) is 0.780. The predicted molar refractivity (Wildman–Crippen MR) is 108 cm³/mol. The summed E-state index contributed by atoms with van der Waals surface area (Å²) >= 11 is 0. The summed E-state index contributed by atoms with van der Waals surface area (Å²) in [6, 6.07) is 11.0. The fourth-order valence-corrected chi connectivity index (χ4v) is 3.34. The van der Waals surface area contributed by atoms with Crippen LogP contribution in [0.15, 0.2) is 30.3 Å². The normalized spacial score (nSPS) is 18.1. The van der Waals surface area contributed by atoms with Crippen LogP contribution in [0.1, 0.15) is 31.2 Å². The second-order valence-corrected chi connectivity index (χ2v) is 7.07. The van der Waals surface area contributed by atoms with E-state index in [1.54, 1.807) is 0 Å². The highest BCUT2D eigenvalue weighted by Gasteiger charge is 2.26. The minimum atomic E-state index is 0. The first-order valence-electron chi connectivity index (χ1n) is 8.95. The lowest BCUT2D eigenvalue weighted by molar-refractivity contribution is -0.131. The van der Waals surface area contributed by atoms with E-state index in [2.05, 4.69) is 40.5 Å². The van der Waals surface area contributed by atoms with E-state index in [0.29, 0.717) is 12.6 Å². The molecule has 1 heterocycles. The second kappa shape index (κ2) is 11.0. The van der Waals surface area contributed by atoms with Crippen LogP contribution in [0.4, 0.5) is 0 Å². The number of likely N-dealkylation sites (tertiary alicyclic amines) is 1. The average molecular weight is 388 g/mol. The van der Waals surface area contributed by atoms with Gasteiger partial charge in [-0.2, -0.15) is 0 Å². The Kier molecular flexibility index (Phi) is 9.80. The van der Waals surface area contributed by atoms with Gasteiger partial charge in [0.05, 0.1) is 6.54 Å². The maximum atomic E-state index is 12.3. The van der Waals surface area contributed by atoms with Crippen LogP contribution in [-0.2, 0) is 11.3 Å². The number of likely N-dealkylation sites (N-methyl/N-ethyl adjacent to an activating group) is 1. The molecule has 4 nitrogen and oxygen atoms in total. The summed E-state index contributed by atoms with van der Waals surface area (Å²) in [6.07, 6.45) is 4.82. The number of halogens is 2. The van der Waals surface area contributed by atoms with Crippen LogP contribution in [0.5, 0.6) is 0 Å². The fraction of sp³-hybridized carbons (Fsp3) is 0.632. The second-order valence-electron chi connectivity index (χ2n) is 7.07. The van der Waals surface area contributed by atoms with Gasteiger partial charge in [0.15, 0.2) is 0 Å². The summed E-state index contributed by atoms with van der Waals surface area (Å²) in [7, 11) is 1.97. The molecule has 0 aromatic heterocycles.